The van der Waals surface area contributed by atoms with Crippen molar-refractivity contribution in [2.45, 2.75) is 39.7 Å². The Labute approximate surface area is 259 Å². The van der Waals surface area contributed by atoms with Crippen LogP contribution in [0.5, 0.6) is 0 Å². The molecule has 0 aliphatic carbocycles. The predicted octanol–water partition coefficient (Wildman–Crippen LogP) is 2.56. The summed E-state index contributed by atoms with van der Waals surface area (Å²) < 4.78 is 19.2. The van der Waals surface area contributed by atoms with Crippen molar-refractivity contribution in [3.63, 3.8) is 0 Å². The van der Waals surface area contributed by atoms with Gasteiger partial charge in [-0.05, 0) is 62.7 Å². The number of phosphoric acid groups is 1. The van der Waals surface area contributed by atoms with E-state index in [2.05, 4.69) is 54.2 Å². The number of benzene rings is 2. The zero-order chi connectivity index (χ0) is 31.2. The van der Waals surface area contributed by atoms with E-state index in [0.717, 1.165) is 39.8 Å². The average molecular weight is 714 g/mol. The first-order valence-corrected chi connectivity index (χ1v) is 17.6. The zero-order valence-corrected chi connectivity index (χ0v) is 28.0. The van der Waals surface area contributed by atoms with Gasteiger partial charge in [0.15, 0.2) is 5.82 Å². The first-order valence-electron chi connectivity index (χ1n) is 12.9. The van der Waals surface area contributed by atoms with Crippen molar-refractivity contribution in [1.82, 2.24) is 9.97 Å². The van der Waals surface area contributed by atoms with Gasteiger partial charge in [0.05, 0.1) is 36.6 Å². The number of fused-ring (bicyclic) bond motifs is 1. The molecule has 12 nitrogen and oxygen atoms in total. The molecule has 1 aromatic heterocycles. The third kappa shape index (κ3) is 19.6. The van der Waals surface area contributed by atoms with Gasteiger partial charge in [0, 0.05) is 29.0 Å². The van der Waals surface area contributed by atoms with Gasteiger partial charge in [-0.3, -0.25) is 14.4 Å². The summed E-state index contributed by atoms with van der Waals surface area (Å²) in [6.45, 7) is 11.3. The third-order valence-electron chi connectivity index (χ3n) is 5.63. The summed E-state index contributed by atoms with van der Waals surface area (Å²) in [6.07, 6.45) is 6.39. The average Bonchev–Trinajstić information content (AvgIpc) is 2.84. The maximum Gasteiger partial charge on any atom is 0.322 e. The largest absolute Gasteiger partial charge is 0.870 e. The van der Waals surface area contributed by atoms with E-state index in [-0.39, 0.29) is 5.48 Å². The fraction of sp³-hybridized carbons (Fsp3) is 0.385. The van der Waals surface area contributed by atoms with Crippen molar-refractivity contribution in [2.24, 2.45) is 0 Å². The van der Waals surface area contributed by atoms with Crippen molar-refractivity contribution in [1.29, 1.82) is 0 Å². The normalized spacial score (nSPS) is 12.3. The summed E-state index contributed by atoms with van der Waals surface area (Å²) in [7, 11) is -8.53. The van der Waals surface area contributed by atoms with Crippen LogP contribution >= 0.6 is 42.9 Å². The van der Waals surface area contributed by atoms with Gasteiger partial charge in [0.25, 0.3) is 7.82 Å². The topological polar surface area (TPSA) is 215 Å². The number of nitrogens with zero attached hydrogens (tertiary/aromatic N) is 2. The van der Waals surface area contributed by atoms with Crippen molar-refractivity contribution in [2.75, 3.05) is 26.3 Å². The van der Waals surface area contributed by atoms with Gasteiger partial charge in [-0.2, -0.15) is 4.98 Å². The van der Waals surface area contributed by atoms with Gasteiger partial charge in [0.1, 0.15) is 0 Å². The van der Waals surface area contributed by atoms with Gasteiger partial charge < -0.3 is 34.8 Å². The van der Waals surface area contributed by atoms with Crippen LogP contribution in [0.2, 0.25) is 5.02 Å². The first kappa shape index (κ1) is 40.4. The maximum absolute atomic E-state index is 9.33. The van der Waals surface area contributed by atoms with Gasteiger partial charge in [-0.1, -0.05) is 45.7 Å². The minimum absolute atomic E-state index is 0. The van der Waals surface area contributed by atoms with E-state index >= 15 is 0 Å². The minimum Gasteiger partial charge on any atom is -0.870 e. The van der Waals surface area contributed by atoms with E-state index in [9.17, 15) is 4.57 Å². The van der Waals surface area contributed by atoms with Crippen LogP contribution in [0.1, 0.15) is 45.0 Å². The Morgan fingerprint density at radius 3 is 2.12 bits per heavy atom. The summed E-state index contributed by atoms with van der Waals surface area (Å²) in [5.41, 5.74) is 1.99. The number of aromatic nitrogens is 2. The van der Waals surface area contributed by atoms with Crippen molar-refractivity contribution in [3.05, 3.63) is 63.3 Å². The fourth-order valence-electron chi connectivity index (χ4n) is 3.72. The van der Waals surface area contributed by atoms with Crippen LogP contribution in [0.4, 0.5) is 5.82 Å². The molecule has 3 rings (SSSR count). The maximum atomic E-state index is 9.33. The Hall–Kier alpha value is -1.57. The lowest BCUT2D eigenvalue weighted by atomic mass is 10.1. The Morgan fingerprint density at radius 1 is 1.05 bits per heavy atom. The molecule has 0 spiro atoms. The molecule has 1 heterocycles. The van der Waals surface area contributed by atoms with Gasteiger partial charge in [0.2, 0.25) is 5.82 Å². The second-order valence-electron chi connectivity index (χ2n) is 9.33. The van der Waals surface area contributed by atoms with Gasteiger partial charge >= 0.3 is 7.60 Å². The molecule has 1 unspecified atom stereocenters. The zero-order valence-electron chi connectivity index (χ0n) is 23.9. The number of rotatable bonds is 10. The molecule has 0 radical (unpaired) electrons. The molecule has 42 heavy (non-hydrogen) atoms. The Kier molecular flexibility index (Phi) is 18.9. The third-order valence-corrected chi connectivity index (χ3v) is 6.40. The van der Waals surface area contributed by atoms with E-state index in [4.69, 9.17) is 50.6 Å². The number of nitrogens with two attached hydrogens (primary N) is 1. The van der Waals surface area contributed by atoms with Crippen LogP contribution in [0.15, 0.2) is 46.9 Å². The molecular formula is C26H40BrClN4O8P2. The van der Waals surface area contributed by atoms with E-state index in [0.29, 0.717) is 16.9 Å². The Morgan fingerprint density at radius 2 is 1.60 bits per heavy atom. The van der Waals surface area contributed by atoms with Gasteiger partial charge in [-0.15, -0.1) is 0 Å². The van der Waals surface area contributed by atoms with Crippen LogP contribution in [-0.2, 0) is 9.13 Å². The van der Waals surface area contributed by atoms with Crippen LogP contribution in [0, 0.1) is 0 Å². The van der Waals surface area contributed by atoms with E-state index in [1.54, 1.807) is 4.90 Å². The van der Waals surface area contributed by atoms with Crippen LogP contribution in [0.3, 0.4) is 0 Å². The summed E-state index contributed by atoms with van der Waals surface area (Å²) >= 11 is 9.72. The molecule has 0 bridgehead atoms. The second kappa shape index (κ2) is 19.7. The second-order valence-corrected chi connectivity index (χ2v) is 13.3. The van der Waals surface area contributed by atoms with Crippen LogP contribution in [-0.4, -0.2) is 67.4 Å². The molecule has 0 aliphatic rings. The summed E-state index contributed by atoms with van der Waals surface area (Å²) in [4.78, 5) is 49.4. The molecule has 1 atom stereocenters. The van der Waals surface area contributed by atoms with E-state index in [1.807, 2.05) is 42.5 Å². The predicted molar refractivity (Wildman–Crippen MR) is 167 cm³/mol. The van der Waals surface area contributed by atoms with Crippen LogP contribution in [0.25, 0.3) is 23.1 Å². The molecule has 16 heteroatoms. The lowest BCUT2D eigenvalue weighted by molar-refractivity contribution is -0.896. The molecule has 236 valence electrons. The lowest BCUT2D eigenvalue weighted by Crippen LogP contribution is -3.11. The summed E-state index contributed by atoms with van der Waals surface area (Å²) in [5, 5.41) is 4.02. The molecule has 0 saturated carbocycles. The number of hydrogen-bond donors (Lipinski definition) is 6. The number of halogens is 2. The first-order chi connectivity index (χ1) is 19.0. The van der Waals surface area contributed by atoms with Crippen LogP contribution < -0.4 is 15.1 Å². The Balaban J connectivity index is 0.00000132. The molecule has 0 saturated heterocycles. The molecule has 2 aromatic carbocycles. The van der Waals surface area contributed by atoms with E-state index in [1.165, 1.54) is 26.1 Å². The summed E-state index contributed by atoms with van der Waals surface area (Å²) in [5.74, 6) is 1.68. The highest BCUT2D eigenvalue weighted by molar-refractivity contribution is 9.10. The lowest BCUT2D eigenvalue weighted by Gasteiger charge is -2.16. The van der Waals surface area contributed by atoms with Gasteiger partial charge in [-0.25, -0.2) is 4.98 Å². The fourth-order valence-corrected chi connectivity index (χ4v) is 4.15. The smallest absolute Gasteiger partial charge is 0.322 e. The highest BCUT2D eigenvalue weighted by Gasteiger charge is 2.15. The van der Waals surface area contributed by atoms with Crippen molar-refractivity contribution < 1.29 is 49.3 Å². The monoisotopic (exact) mass is 712 g/mol. The van der Waals surface area contributed by atoms with E-state index < -0.39 is 15.4 Å². The van der Waals surface area contributed by atoms with Crippen molar-refractivity contribution in [3.8, 4) is 0 Å². The SMILES string of the molecule is CC[NH+](CC)CCCC(C)[NH2+]c1nc(/C=C/c2ccc(Br)cc2)nc2cc(Cl)ccc12.CP(=O)(O)O.O=P([O-])(O)O.[OH-]. The standard InChI is InChI=1S/C25H30BrClN4.CH5O3P.H3O4P.H2O/c1-4-31(5-2)16-6-7-18(3)28-25-22-14-13-21(27)17-23(22)29-24(30-25)15-10-19-8-11-20(26)12-9-19;2*1-5(2,3)4;/h8-15,17-18H,4-7,16H2,1-3H3,(H,28,29,30);1H3,(H2,2,3,4);(H3,1,2,3,4);1H2/b15-10+;;;. The minimum atomic E-state index is -4.89. The number of quaternary nitrogens is 2. The quantitative estimate of drug-likeness (QED) is 0.169. The summed E-state index contributed by atoms with van der Waals surface area (Å²) in [6, 6.07) is 14.5. The molecular weight excluding hydrogens is 674 g/mol. The molecule has 3 aromatic rings. The number of hydrogen-bond acceptors (Lipinski definition) is 6. The molecule has 0 fully saturated rings. The molecule has 0 aliphatic heterocycles. The highest BCUT2D eigenvalue weighted by atomic mass is 79.9. The molecule has 8 N–H and O–H groups in total. The highest BCUT2D eigenvalue weighted by Crippen LogP contribution is 2.26. The Bertz CT molecular complexity index is 1320. The molecule has 0 amide bonds. The number of nitrogens with one attached hydrogen (secondary N) is 1. The van der Waals surface area contributed by atoms with Crippen molar-refractivity contribution >= 4 is 71.8 Å².